The molecule has 0 aromatic carbocycles. The second kappa shape index (κ2) is 7.45. The van der Waals surface area contributed by atoms with Gasteiger partial charge in [0.05, 0.1) is 12.7 Å². The maximum atomic E-state index is 12.5. The van der Waals surface area contributed by atoms with Crippen LogP contribution in [0.2, 0.25) is 0 Å². The van der Waals surface area contributed by atoms with Crippen molar-refractivity contribution in [3.63, 3.8) is 0 Å². The van der Waals surface area contributed by atoms with Crippen LogP contribution in [0.3, 0.4) is 0 Å². The number of hydrogen-bond acceptors (Lipinski definition) is 4. The zero-order valence-electron chi connectivity index (χ0n) is 17.4. The van der Waals surface area contributed by atoms with E-state index in [1.165, 1.54) is 24.8 Å². The van der Waals surface area contributed by atoms with Crippen LogP contribution in [0.1, 0.15) is 70.5 Å². The van der Waals surface area contributed by atoms with E-state index in [2.05, 4.69) is 6.92 Å². The van der Waals surface area contributed by atoms with Crippen molar-refractivity contribution in [2.45, 2.75) is 77.2 Å². The number of carbonyl (C=O) groups excluding carboxylic acids is 2. The van der Waals surface area contributed by atoms with Crippen molar-refractivity contribution >= 4 is 11.8 Å². The Morgan fingerprint density at radius 1 is 1.17 bits per heavy atom. The van der Waals surface area contributed by atoms with Gasteiger partial charge in [-0.25, -0.2) is 0 Å². The van der Waals surface area contributed by atoms with Gasteiger partial charge < -0.3 is 9.15 Å². The lowest BCUT2D eigenvalue weighted by atomic mass is 9.52. The van der Waals surface area contributed by atoms with Gasteiger partial charge in [-0.15, -0.1) is 0 Å². The molecule has 4 heteroatoms. The average Bonchev–Trinajstić information content (AvgIpc) is 3.34. The molecule has 4 nitrogen and oxygen atoms in total. The minimum absolute atomic E-state index is 0.0578. The molecule has 5 rings (SSSR count). The number of aryl methyl sites for hydroxylation is 1. The van der Waals surface area contributed by atoms with Crippen LogP contribution in [0, 0.1) is 29.1 Å². The summed E-state index contributed by atoms with van der Waals surface area (Å²) < 4.78 is 11.4. The van der Waals surface area contributed by atoms with E-state index in [0.29, 0.717) is 30.5 Å². The molecule has 0 N–H and O–H groups in total. The van der Waals surface area contributed by atoms with Gasteiger partial charge in [-0.2, -0.15) is 0 Å². The van der Waals surface area contributed by atoms with Gasteiger partial charge in [0, 0.05) is 18.3 Å². The minimum Gasteiger partial charge on any atom is -0.469 e. The van der Waals surface area contributed by atoms with Crippen molar-refractivity contribution in [1.82, 2.24) is 0 Å². The molecule has 29 heavy (non-hydrogen) atoms. The number of allylic oxidation sites excluding steroid dienone is 1. The average molecular weight is 397 g/mol. The smallest absolute Gasteiger partial charge is 0.306 e. The zero-order chi connectivity index (χ0) is 20.0. The maximum absolute atomic E-state index is 12.5. The van der Waals surface area contributed by atoms with Crippen molar-refractivity contribution in [2.24, 2.45) is 29.1 Å². The third-order valence-electron chi connectivity index (χ3n) is 8.64. The zero-order valence-corrected chi connectivity index (χ0v) is 17.4. The summed E-state index contributed by atoms with van der Waals surface area (Å²) in [6.07, 6.45) is 13.3. The van der Waals surface area contributed by atoms with Gasteiger partial charge in [-0.05, 0) is 86.8 Å². The highest BCUT2D eigenvalue weighted by Crippen LogP contribution is 2.62. The molecule has 6 atom stereocenters. The highest BCUT2D eigenvalue weighted by Gasteiger charge is 2.57. The summed E-state index contributed by atoms with van der Waals surface area (Å²) >= 11 is 0. The van der Waals surface area contributed by atoms with Crippen LogP contribution in [0.4, 0.5) is 0 Å². The lowest BCUT2D eigenvalue weighted by molar-refractivity contribution is -0.158. The Labute approximate surface area is 173 Å². The number of ketones is 1. The summed E-state index contributed by atoms with van der Waals surface area (Å²) in [7, 11) is 0. The van der Waals surface area contributed by atoms with Crippen LogP contribution in [0.25, 0.3) is 0 Å². The standard InChI is InChI=1S/C25H32O4/c1-25-13-12-20-19-8-5-17(26)15-16(19)4-7-21(20)22(25)9-10-23(25)29-24(27)11-6-18-3-2-14-28-18/h2-3,14-15,19-23H,4-13H2,1H3/t19-,20+,21+,22-,23-,25-/m0/s1. The largest absolute Gasteiger partial charge is 0.469 e. The van der Waals surface area contributed by atoms with E-state index in [0.717, 1.165) is 49.7 Å². The van der Waals surface area contributed by atoms with Crippen LogP contribution in [0.5, 0.6) is 0 Å². The molecule has 1 heterocycles. The van der Waals surface area contributed by atoms with Crippen molar-refractivity contribution < 1.29 is 18.7 Å². The van der Waals surface area contributed by atoms with Crippen LogP contribution in [-0.2, 0) is 20.7 Å². The second-order valence-corrected chi connectivity index (χ2v) is 9.98. The quantitative estimate of drug-likeness (QED) is 0.651. The predicted molar refractivity (Wildman–Crippen MR) is 109 cm³/mol. The molecule has 0 unspecified atom stereocenters. The van der Waals surface area contributed by atoms with Gasteiger partial charge in [0.2, 0.25) is 0 Å². The molecule has 0 saturated heterocycles. The topological polar surface area (TPSA) is 56.5 Å². The van der Waals surface area contributed by atoms with Gasteiger partial charge in [0.25, 0.3) is 0 Å². The summed E-state index contributed by atoms with van der Waals surface area (Å²) in [5, 5.41) is 0. The minimum atomic E-state index is -0.0879. The van der Waals surface area contributed by atoms with E-state index in [1.54, 1.807) is 6.26 Å². The normalized spacial score (nSPS) is 38.6. The van der Waals surface area contributed by atoms with E-state index in [-0.39, 0.29) is 17.5 Å². The highest BCUT2D eigenvalue weighted by molar-refractivity contribution is 5.91. The molecular weight excluding hydrogens is 364 g/mol. The molecule has 156 valence electrons. The maximum Gasteiger partial charge on any atom is 0.306 e. The molecule has 0 amide bonds. The Kier molecular flexibility index (Phi) is 4.92. The predicted octanol–water partition coefficient (Wildman–Crippen LogP) is 5.27. The second-order valence-electron chi connectivity index (χ2n) is 9.98. The summed E-state index contributed by atoms with van der Waals surface area (Å²) in [5.74, 6) is 3.84. The summed E-state index contributed by atoms with van der Waals surface area (Å²) in [6.45, 7) is 2.38. The molecule has 3 fully saturated rings. The monoisotopic (exact) mass is 396 g/mol. The van der Waals surface area contributed by atoms with E-state index in [1.807, 2.05) is 18.2 Å². The fourth-order valence-electron chi connectivity index (χ4n) is 7.22. The van der Waals surface area contributed by atoms with Crippen molar-refractivity contribution in [3.05, 3.63) is 35.8 Å². The third-order valence-corrected chi connectivity index (χ3v) is 8.64. The summed E-state index contributed by atoms with van der Waals surface area (Å²) in [4.78, 5) is 24.4. The van der Waals surface area contributed by atoms with Crippen molar-refractivity contribution in [2.75, 3.05) is 0 Å². The van der Waals surface area contributed by atoms with Gasteiger partial charge in [0.1, 0.15) is 11.9 Å². The number of ether oxygens (including phenoxy) is 1. The van der Waals surface area contributed by atoms with Gasteiger partial charge >= 0.3 is 5.97 Å². The van der Waals surface area contributed by atoms with Crippen LogP contribution in [-0.4, -0.2) is 17.9 Å². The first-order valence-corrected chi connectivity index (χ1v) is 11.5. The van der Waals surface area contributed by atoms with Crippen LogP contribution >= 0.6 is 0 Å². The fraction of sp³-hybridized carbons (Fsp3) is 0.680. The molecule has 0 bridgehead atoms. The molecule has 0 spiro atoms. The van der Waals surface area contributed by atoms with Crippen LogP contribution < -0.4 is 0 Å². The molecular formula is C25H32O4. The summed E-state index contributed by atoms with van der Waals surface area (Å²) in [6, 6.07) is 3.76. The lowest BCUT2D eigenvalue weighted by Gasteiger charge is -2.53. The molecule has 1 aromatic heterocycles. The van der Waals surface area contributed by atoms with Gasteiger partial charge in [0.15, 0.2) is 5.78 Å². The SMILES string of the molecule is C[C@]12CC[C@H]3[C@@H](CCC4=CC(=O)CC[C@@H]43)[C@@H]1CC[C@@H]2OC(=O)CCc1ccco1. The van der Waals surface area contributed by atoms with Crippen LogP contribution in [0.15, 0.2) is 34.5 Å². The first-order chi connectivity index (χ1) is 14.0. The first kappa shape index (κ1) is 19.1. The van der Waals surface area contributed by atoms with Gasteiger partial charge in [-0.1, -0.05) is 12.5 Å². The van der Waals surface area contributed by atoms with Gasteiger partial charge in [-0.3, -0.25) is 9.59 Å². The Bertz CT molecular complexity index is 807. The number of rotatable bonds is 4. The molecule has 3 saturated carbocycles. The Hall–Kier alpha value is -1.84. The number of carbonyl (C=O) groups is 2. The Balaban J connectivity index is 1.25. The number of fused-ring (bicyclic) bond motifs is 5. The number of esters is 1. The van der Waals surface area contributed by atoms with E-state index in [4.69, 9.17) is 9.15 Å². The van der Waals surface area contributed by atoms with E-state index < -0.39 is 0 Å². The molecule has 0 radical (unpaired) electrons. The first-order valence-electron chi connectivity index (χ1n) is 11.5. The number of hydrogen-bond donors (Lipinski definition) is 0. The Morgan fingerprint density at radius 3 is 2.90 bits per heavy atom. The molecule has 4 aliphatic carbocycles. The molecule has 1 aromatic rings. The number of furan rings is 1. The van der Waals surface area contributed by atoms with E-state index >= 15 is 0 Å². The summed E-state index contributed by atoms with van der Waals surface area (Å²) in [5.41, 5.74) is 1.55. The van der Waals surface area contributed by atoms with Crippen molar-refractivity contribution in [3.8, 4) is 0 Å². The highest BCUT2D eigenvalue weighted by atomic mass is 16.5. The lowest BCUT2D eigenvalue weighted by Crippen LogP contribution is -2.48. The Morgan fingerprint density at radius 2 is 2.07 bits per heavy atom. The molecule has 0 aliphatic heterocycles. The van der Waals surface area contributed by atoms with Crippen molar-refractivity contribution in [1.29, 1.82) is 0 Å². The fourth-order valence-corrected chi connectivity index (χ4v) is 7.22. The molecule has 4 aliphatic rings. The third kappa shape index (κ3) is 3.39. The van der Waals surface area contributed by atoms with E-state index in [9.17, 15) is 9.59 Å².